The van der Waals surface area contributed by atoms with E-state index in [0.29, 0.717) is 28.8 Å². The highest BCUT2D eigenvalue weighted by Gasteiger charge is 2.26. The lowest BCUT2D eigenvalue weighted by Crippen LogP contribution is -2.27. The van der Waals surface area contributed by atoms with Crippen LogP contribution in [0.25, 0.3) is 0 Å². The first-order chi connectivity index (χ1) is 13.4. The van der Waals surface area contributed by atoms with Crippen LogP contribution in [0, 0.1) is 0 Å². The van der Waals surface area contributed by atoms with Crippen molar-refractivity contribution in [3.63, 3.8) is 0 Å². The molecule has 1 heterocycles. The van der Waals surface area contributed by atoms with Gasteiger partial charge in [0, 0.05) is 6.07 Å². The maximum absolute atomic E-state index is 13.0. The van der Waals surface area contributed by atoms with Gasteiger partial charge in [-0.25, -0.2) is 0 Å². The molecule has 28 heavy (non-hydrogen) atoms. The zero-order chi connectivity index (χ0) is 20.7. The first-order valence-corrected chi connectivity index (χ1v) is 9.36. The van der Waals surface area contributed by atoms with Crippen molar-refractivity contribution in [2.45, 2.75) is 24.5 Å². The average molecular weight is 409 g/mol. The second-order valence-corrected chi connectivity index (χ2v) is 6.50. The molecular formula is C17H23N5O5S. The van der Waals surface area contributed by atoms with Gasteiger partial charge in [0.1, 0.15) is 17.5 Å². The Morgan fingerprint density at radius 1 is 1.25 bits per heavy atom. The minimum atomic E-state index is -0.689. The van der Waals surface area contributed by atoms with Crippen molar-refractivity contribution in [2.75, 3.05) is 38.1 Å². The lowest BCUT2D eigenvalue weighted by atomic mass is 10.2. The number of nitrogens with zero attached hydrogens (tertiary/aromatic N) is 3. The molecule has 1 atom stereocenters. The molecular weight excluding hydrogens is 386 g/mol. The highest BCUT2D eigenvalue weighted by Crippen LogP contribution is 2.31. The Labute approximate surface area is 166 Å². The van der Waals surface area contributed by atoms with Crippen LogP contribution in [0.2, 0.25) is 0 Å². The van der Waals surface area contributed by atoms with Crippen LogP contribution in [0.15, 0.2) is 23.4 Å². The average Bonchev–Trinajstić information content (AvgIpc) is 3.07. The molecule has 0 saturated carbocycles. The summed E-state index contributed by atoms with van der Waals surface area (Å²) in [7, 11) is 4.34. The molecule has 1 amide bonds. The molecule has 1 aromatic carbocycles. The fourth-order valence-corrected chi connectivity index (χ4v) is 3.30. The molecule has 0 fully saturated rings. The lowest BCUT2D eigenvalue weighted by molar-refractivity contribution is -0.137. The number of hydrogen-bond donors (Lipinski definition) is 2. The number of nitrogens with one attached hydrogen (secondary N) is 1. The summed E-state index contributed by atoms with van der Waals surface area (Å²) in [6.07, 6.45) is 0.423. The fraction of sp³-hybridized carbons (Fsp3) is 0.412. The second kappa shape index (κ2) is 9.83. The third kappa shape index (κ3) is 4.85. The number of carbonyl (C=O) groups is 2. The van der Waals surface area contributed by atoms with Crippen molar-refractivity contribution in [1.29, 1.82) is 0 Å². The molecule has 0 aliphatic heterocycles. The summed E-state index contributed by atoms with van der Waals surface area (Å²) in [4.78, 5) is 24.4. The molecule has 10 nitrogen and oxygen atoms in total. The van der Waals surface area contributed by atoms with Gasteiger partial charge in [-0.3, -0.25) is 14.2 Å². The normalized spacial score (nSPS) is 11.6. The molecule has 1 aromatic heterocycles. The predicted molar refractivity (Wildman–Crippen MR) is 105 cm³/mol. The van der Waals surface area contributed by atoms with E-state index in [0.717, 1.165) is 11.8 Å². The van der Waals surface area contributed by atoms with Crippen molar-refractivity contribution in [2.24, 2.45) is 0 Å². The number of aromatic nitrogens is 3. The summed E-state index contributed by atoms with van der Waals surface area (Å²) < 4.78 is 16.6. The predicted octanol–water partition coefficient (Wildman–Crippen LogP) is 1.73. The molecule has 0 saturated heterocycles. The van der Waals surface area contributed by atoms with E-state index in [9.17, 15) is 9.59 Å². The van der Waals surface area contributed by atoms with E-state index >= 15 is 0 Å². The van der Waals surface area contributed by atoms with E-state index in [1.807, 2.05) is 6.92 Å². The van der Waals surface area contributed by atoms with E-state index in [1.54, 1.807) is 18.2 Å². The van der Waals surface area contributed by atoms with Crippen LogP contribution < -0.4 is 20.5 Å². The molecule has 1 unspecified atom stereocenters. The third-order valence-corrected chi connectivity index (χ3v) is 4.82. The largest absolute Gasteiger partial charge is 0.497 e. The van der Waals surface area contributed by atoms with Gasteiger partial charge in [0.25, 0.3) is 0 Å². The molecule has 2 rings (SSSR count). The van der Waals surface area contributed by atoms with Crippen LogP contribution in [0.3, 0.4) is 0 Å². The zero-order valence-corrected chi connectivity index (χ0v) is 16.9. The number of hydrogen-bond acceptors (Lipinski definition) is 9. The van der Waals surface area contributed by atoms with Crippen molar-refractivity contribution >= 4 is 35.3 Å². The van der Waals surface area contributed by atoms with E-state index in [2.05, 4.69) is 20.3 Å². The van der Waals surface area contributed by atoms with E-state index in [1.165, 1.54) is 25.9 Å². The van der Waals surface area contributed by atoms with Gasteiger partial charge >= 0.3 is 5.97 Å². The molecule has 0 aliphatic rings. The van der Waals surface area contributed by atoms with Gasteiger partial charge in [-0.05, 0) is 18.6 Å². The van der Waals surface area contributed by atoms with Gasteiger partial charge < -0.3 is 25.3 Å². The number of benzene rings is 1. The lowest BCUT2D eigenvalue weighted by Gasteiger charge is -2.20. The van der Waals surface area contributed by atoms with Gasteiger partial charge in [0.2, 0.25) is 11.9 Å². The number of anilines is 2. The summed E-state index contributed by atoms with van der Waals surface area (Å²) in [5.41, 5.74) is 6.38. The van der Waals surface area contributed by atoms with Crippen LogP contribution in [0.1, 0.15) is 19.4 Å². The molecule has 0 bridgehead atoms. The molecule has 3 N–H and O–H groups in total. The van der Waals surface area contributed by atoms with Crippen molar-refractivity contribution in [1.82, 2.24) is 14.8 Å². The number of carbonyl (C=O) groups excluding carboxylic acids is 2. The third-order valence-electron chi connectivity index (χ3n) is 3.90. The monoisotopic (exact) mass is 409 g/mol. The smallest absolute Gasteiger partial charge is 0.316 e. The molecule has 0 aliphatic carbocycles. The fourth-order valence-electron chi connectivity index (χ4n) is 2.48. The highest BCUT2D eigenvalue weighted by molar-refractivity contribution is 7.99. The summed E-state index contributed by atoms with van der Waals surface area (Å²) in [5.74, 6) is 0.406. The second-order valence-electron chi connectivity index (χ2n) is 5.56. The first-order valence-electron chi connectivity index (χ1n) is 8.38. The topological polar surface area (TPSA) is 131 Å². The summed E-state index contributed by atoms with van der Waals surface area (Å²) in [6, 6.07) is 4.39. The van der Waals surface area contributed by atoms with Crippen molar-refractivity contribution < 1.29 is 23.8 Å². The Hall–Kier alpha value is -2.95. The minimum Gasteiger partial charge on any atom is -0.497 e. The summed E-state index contributed by atoms with van der Waals surface area (Å²) in [6.45, 7) is 1.83. The number of amides is 1. The molecule has 152 valence electrons. The SMILES string of the molecule is CCC(C(=O)Nc1cc(OC)ccc1OC)n1c(N)nnc1SCC(=O)OC. The van der Waals surface area contributed by atoms with E-state index in [-0.39, 0.29) is 17.6 Å². The van der Waals surface area contributed by atoms with E-state index in [4.69, 9.17) is 15.2 Å². The summed E-state index contributed by atoms with van der Waals surface area (Å²) >= 11 is 1.09. The number of methoxy groups -OCH3 is 3. The quantitative estimate of drug-likeness (QED) is 0.469. The van der Waals surface area contributed by atoms with Crippen molar-refractivity contribution in [3.8, 4) is 11.5 Å². The minimum absolute atomic E-state index is 0.0242. The highest BCUT2D eigenvalue weighted by atomic mass is 32.2. The summed E-state index contributed by atoms with van der Waals surface area (Å²) in [5, 5.41) is 11.0. The Balaban J connectivity index is 2.27. The number of rotatable bonds is 9. The molecule has 0 radical (unpaired) electrons. The Morgan fingerprint density at radius 2 is 2.00 bits per heavy atom. The van der Waals surface area contributed by atoms with Gasteiger partial charge in [-0.15, -0.1) is 10.2 Å². The van der Waals surface area contributed by atoms with Gasteiger partial charge in [-0.1, -0.05) is 18.7 Å². The Kier molecular flexibility index (Phi) is 7.50. The maximum Gasteiger partial charge on any atom is 0.316 e. The van der Waals surface area contributed by atoms with E-state index < -0.39 is 12.0 Å². The van der Waals surface area contributed by atoms with Gasteiger partial charge in [0.15, 0.2) is 5.16 Å². The van der Waals surface area contributed by atoms with Crippen LogP contribution in [0.5, 0.6) is 11.5 Å². The van der Waals surface area contributed by atoms with Gasteiger partial charge in [-0.2, -0.15) is 0 Å². The number of nitrogens with two attached hydrogens (primary N) is 1. The van der Waals surface area contributed by atoms with Gasteiger partial charge in [0.05, 0.1) is 32.8 Å². The maximum atomic E-state index is 13.0. The Bertz CT molecular complexity index is 841. The standard InChI is InChI=1S/C17H23N5O5S/c1-5-12(22-16(18)20-21-17(22)28-9-14(23)27-4)15(24)19-11-8-10(25-2)6-7-13(11)26-3/h6-8,12H,5,9H2,1-4H3,(H2,18,20)(H,19,24). The molecule has 11 heteroatoms. The first kappa shape index (κ1) is 21.4. The van der Waals surface area contributed by atoms with Crippen LogP contribution in [-0.4, -0.2) is 53.7 Å². The van der Waals surface area contributed by atoms with Crippen LogP contribution in [0.4, 0.5) is 11.6 Å². The number of esters is 1. The van der Waals surface area contributed by atoms with Crippen LogP contribution in [-0.2, 0) is 14.3 Å². The zero-order valence-electron chi connectivity index (χ0n) is 16.1. The Morgan fingerprint density at radius 3 is 2.61 bits per heavy atom. The number of thioether (sulfide) groups is 1. The number of ether oxygens (including phenoxy) is 3. The van der Waals surface area contributed by atoms with Crippen LogP contribution >= 0.6 is 11.8 Å². The van der Waals surface area contributed by atoms with Crippen molar-refractivity contribution in [3.05, 3.63) is 18.2 Å². The molecule has 2 aromatic rings. The molecule has 0 spiro atoms. The number of nitrogen functional groups attached to an aromatic ring is 1.